The van der Waals surface area contributed by atoms with Gasteiger partial charge < -0.3 is 4.57 Å². The smallest absolute Gasteiger partial charge is 0.283 e. The van der Waals surface area contributed by atoms with Crippen molar-refractivity contribution >= 4 is 51.4 Å². The number of hydrogen-bond donors (Lipinski definition) is 1. The van der Waals surface area contributed by atoms with Gasteiger partial charge in [0, 0.05) is 28.5 Å². The van der Waals surface area contributed by atoms with Crippen LogP contribution in [0.3, 0.4) is 0 Å². The largest absolute Gasteiger partial charge is 0.318 e. The summed E-state index contributed by atoms with van der Waals surface area (Å²) in [6.07, 6.45) is 2.32. The highest BCUT2D eigenvalue weighted by molar-refractivity contribution is 8.26. The van der Waals surface area contributed by atoms with Crippen molar-refractivity contribution in [1.82, 2.24) is 9.58 Å². The summed E-state index contributed by atoms with van der Waals surface area (Å²) in [5.41, 5.74) is 5.24. The Morgan fingerprint density at radius 3 is 2.55 bits per heavy atom. The van der Waals surface area contributed by atoms with Crippen LogP contribution in [0.2, 0.25) is 5.02 Å². The second-order valence-corrected chi connectivity index (χ2v) is 9.29. The van der Waals surface area contributed by atoms with Gasteiger partial charge in [-0.05, 0) is 73.1 Å². The Balaban J connectivity index is 1.45. The van der Waals surface area contributed by atoms with Crippen LogP contribution < -0.4 is 0 Å². The summed E-state index contributed by atoms with van der Waals surface area (Å²) in [6.45, 7) is 4.03. The Kier molecular flexibility index (Phi) is 5.52. The van der Waals surface area contributed by atoms with Gasteiger partial charge in [-0.1, -0.05) is 41.9 Å². The van der Waals surface area contributed by atoms with E-state index < -0.39 is 5.91 Å². The number of aryl methyl sites for hydroxylation is 1. The van der Waals surface area contributed by atoms with E-state index in [0.29, 0.717) is 16.6 Å². The number of nitrogens with zero attached hydrogens (tertiary/aromatic N) is 4. The lowest BCUT2D eigenvalue weighted by atomic mass is 10.1. The minimum atomic E-state index is -0.425. The third kappa shape index (κ3) is 4.05. The third-order valence-electron chi connectivity index (χ3n) is 5.55. The number of halogens is 1. The van der Waals surface area contributed by atoms with Crippen molar-refractivity contribution in [3.8, 4) is 5.69 Å². The molecule has 2 aliphatic heterocycles. The zero-order valence-electron chi connectivity index (χ0n) is 18.0. The van der Waals surface area contributed by atoms with Crippen molar-refractivity contribution in [3.63, 3.8) is 0 Å². The quantitative estimate of drug-likeness (QED) is 0.500. The minimum Gasteiger partial charge on any atom is -0.318 e. The molecule has 0 bridgehead atoms. The first kappa shape index (κ1) is 21.4. The maximum absolute atomic E-state index is 12.8. The molecule has 0 unspecified atom stereocenters. The molecular weight excluding hydrogens is 454 g/mol. The predicted molar refractivity (Wildman–Crippen MR) is 135 cm³/mol. The fraction of sp³-hybridized carbons (Fsp3) is 0.120. The highest BCUT2D eigenvalue weighted by atomic mass is 35.5. The Labute approximate surface area is 200 Å². The first-order valence-corrected chi connectivity index (χ1v) is 11.6. The zero-order chi connectivity index (χ0) is 23.1. The van der Waals surface area contributed by atoms with Crippen molar-refractivity contribution in [2.45, 2.75) is 20.3 Å². The number of amidine groups is 2. The minimum absolute atomic E-state index is 0.0353. The van der Waals surface area contributed by atoms with Crippen LogP contribution in [0.5, 0.6) is 0 Å². The number of hydrazone groups is 1. The van der Waals surface area contributed by atoms with Crippen molar-refractivity contribution in [3.05, 3.63) is 93.8 Å². The predicted octanol–water partition coefficient (Wildman–Crippen LogP) is 5.61. The number of fused-ring (bicyclic) bond motifs is 1. The third-order valence-corrected chi connectivity index (χ3v) is 6.71. The molecule has 0 aliphatic carbocycles. The van der Waals surface area contributed by atoms with Gasteiger partial charge in [-0.2, -0.15) is 15.1 Å². The number of benzene rings is 2. The lowest BCUT2D eigenvalue weighted by Crippen LogP contribution is -2.35. The van der Waals surface area contributed by atoms with Crippen LogP contribution in [0, 0.1) is 19.3 Å². The van der Waals surface area contributed by atoms with Crippen molar-refractivity contribution in [2.75, 3.05) is 0 Å². The fourth-order valence-corrected chi connectivity index (χ4v) is 4.99. The van der Waals surface area contributed by atoms with E-state index in [-0.39, 0.29) is 11.4 Å². The highest BCUT2D eigenvalue weighted by Gasteiger charge is 2.35. The van der Waals surface area contributed by atoms with E-state index >= 15 is 0 Å². The number of aromatic nitrogens is 1. The molecule has 3 heterocycles. The van der Waals surface area contributed by atoms with Crippen molar-refractivity contribution < 1.29 is 4.79 Å². The molecule has 8 heteroatoms. The van der Waals surface area contributed by atoms with Crippen LogP contribution in [-0.2, 0) is 11.2 Å². The molecule has 0 fully saturated rings. The molecular formula is C25H20ClN5OS. The summed E-state index contributed by atoms with van der Waals surface area (Å²) in [5.74, 6) is -0.390. The molecule has 164 valence electrons. The average Bonchev–Trinajstić information content (AvgIpc) is 3.32. The van der Waals surface area contributed by atoms with Gasteiger partial charge in [0.25, 0.3) is 5.91 Å². The number of carbonyl (C=O) groups is 1. The molecule has 1 aromatic heterocycles. The summed E-state index contributed by atoms with van der Waals surface area (Å²) < 4.78 is 2.13. The van der Waals surface area contributed by atoms with Crippen LogP contribution >= 0.6 is 23.4 Å². The summed E-state index contributed by atoms with van der Waals surface area (Å²) in [7, 11) is 0. The molecule has 0 atom stereocenters. The van der Waals surface area contributed by atoms with Gasteiger partial charge >= 0.3 is 0 Å². The lowest BCUT2D eigenvalue weighted by Gasteiger charge is -2.20. The van der Waals surface area contributed by atoms with E-state index in [9.17, 15) is 4.79 Å². The molecule has 0 spiro atoms. The fourth-order valence-electron chi connectivity index (χ4n) is 3.94. The first-order chi connectivity index (χ1) is 15.9. The van der Waals surface area contributed by atoms with Crippen LogP contribution in [0.1, 0.15) is 22.5 Å². The van der Waals surface area contributed by atoms with E-state index in [1.54, 1.807) is 6.08 Å². The first-order valence-electron chi connectivity index (χ1n) is 10.4. The van der Waals surface area contributed by atoms with E-state index in [1.165, 1.54) is 16.8 Å². The number of carbonyl (C=O) groups excluding carboxylic acids is 1. The van der Waals surface area contributed by atoms with Crippen molar-refractivity contribution in [1.29, 1.82) is 5.41 Å². The average molecular weight is 474 g/mol. The van der Waals surface area contributed by atoms with Crippen LogP contribution in [0.15, 0.2) is 76.3 Å². The van der Waals surface area contributed by atoms with Gasteiger partial charge in [0.2, 0.25) is 5.17 Å². The highest BCUT2D eigenvalue weighted by Crippen LogP contribution is 2.31. The van der Waals surface area contributed by atoms with E-state index in [4.69, 9.17) is 17.0 Å². The summed E-state index contributed by atoms with van der Waals surface area (Å²) in [4.78, 5) is 17.0. The summed E-state index contributed by atoms with van der Waals surface area (Å²) >= 11 is 7.28. The monoisotopic (exact) mass is 473 g/mol. The van der Waals surface area contributed by atoms with Gasteiger partial charge in [0.05, 0.1) is 5.57 Å². The Bertz CT molecular complexity index is 1370. The molecule has 2 aromatic carbocycles. The summed E-state index contributed by atoms with van der Waals surface area (Å²) in [6, 6.07) is 19.6. The van der Waals surface area contributed by atoms with Crippen LogP contribution in [-0.4, -0.2) is 31.5 Å². The van der Waals surface area contributed by atoms with Crippen LogP contribution in [0.4, 0.5) is 0 Å². The normalized spacial score (nSPS) is 16.8. The SMILES string of the molecule is Cc1cc(/C=C2\C(=N)N3N=C(Cc4ccc(Cl)cc4)SC3=NC2=O)c(C)n1-c1ccccc1. The van der Waals surface area contributed by atoms with E-state index in [0.717, 1.165) is 33.2 Å². The molecule has 5 rings (SSSR count). The zero-order valence-corrected chi connectivity index (χ0v) is 19.6. The molecule has 0 saturated carbocycles. The molecule has 0 saturated heterocycles. The number of aliphatic imine (C=N–C) groups is 1. The van der Waals surface area contributed by atoms with Gasteiger partial charge in [0.15, 0.2) is 5.84 Å². The molecule has 1 amide bonds. The standard InChI is InChI=1S/C25H20ClN5OS/c1-15-12-18(16(2)30(15)20-6-4-3-5-7-20)14-21-23(27)31-25(28-24(21)32)33-22(29-31)13-17-8-10-19(26)11-9-17/h3-12,14,27H,13H2,1-2H3/b21-14+,27-23?. The topological polar surface area (TPSA) is 73.8 Å². The lowest BCUT2D eigenvalue weighted by molar-refractivity contribution is -0.114. The number of para-hydroxylation sites is 1. The van der Waals surface area contributed by atoms with Crippen LogP contribution in [0.25, 0.3) is 11.8 Å². The van der Waals surface area contributed by atoms with Gasteiger partial charge in [-0.15, -0.1) is 0 Å². The second kappa shape index (κ2) is 8.50. The molecule has 6 nitrogen and oxygen atoms in total. The second-order valence-electron chi connectivity index (χ2n) is 7.81. The maximum Gasteiger partial charge on any atom is 0.283 e. The number of nitrogens with one attached hydrogen (secondary N) is 1. The Morgan fingerprint density at radius 2 is 1.82 bits per heavy atom. The van der Waals surface area contributed by atoms with Gasteiger partial charge in [-0.3, -0.25) is 10.2 Å². The van der Waals surface area contributed by atoms with E-state index in [2.05, 4.69) is 14.7 Å². The number of thioether (sulfide) groups is 1. The Morgan fingerprint density at radius 1 is 1.09 bits per heavy atom. The number of amides is 1. The molecule has 0 radical (unpaired) electrons. The Hall–Kier alpha value is -3.42. The van der Waals surface area contributed by atoms with E-state index in [1.807, 2.05) is 74.5 Å². The molecule has 33 heavy (non-hydrogen) atoms. The number of rotatable bonds is 4. The molecule has 1 N–H and O–H groups in total. The van der Waals surface area contributed by atoms with Gasteiger partial charge in [0.1, 0.15) is 5.04 Å². The maximum atomic E-state index is 12.8. The van der Waals surface area contributed by atoms with Crippen molar-refractivity contribution in [2.24, 2.45) is 10.1 Å². The summed E-state index contributed by atoms with van der Waals surface area (Å²) in [5, 5.41) is 16.5. The number of hydrogen-bond acceptors (Lipinski definition) is 4. The molecule has 3 aromatic rings. The molecule has 2 aliphatic rings. The van der Waals surface area contributed by atoms with Gasteiger partial charge in [-0.25, -0.2) is 0 Å².